The van der Waals surface area contributed by atoms with E-state index in [-0.39, 0.29) is 11.2 Å². The van der Waals surface area contributed by atoms with E-state index in [2.05, 4.69) is 15.0 Å². The van der Waals surface area contributed by atoms with E-state index >= 15 is 0 Å². The van der Waals surface area contributed by atoms with E-state index in [4.69, 9.17) is 22.1 Å². The Balaban J connectivity index is 2.00. The van der Waals surface area contributed by atoms with Crippen LogP contribution in [0.4, 0.5) is 11.9 Å². The molecule has 0 aliphatic carbocycles. The zero-order valence-electron chi connectivity index (χ0n) is 9.77. The van der Waals surface area contributed by atoms with Crippen LogP contribution < -0.4 is 10.6 Å². The van der Waals surface area contributed by atoms with Crippen molar-refractivity contribution in [3.8, 4) is 0 Å². The quantitative estimate of drug-likeness (QED) is 0.870. The first-order valence-electron chi connectivity index (χ1n) is 5.61. The van der Waals surface area contributed by atoms with Crippen molar-refractivity contribution < 1.29 is 4.74 Å². The molecule has 17 heavy (non-hydrogen) atoms. The Morgan fingerprint density at radius 1 is 1.35 bits per heavy atom. The fraction of sp³-hybridized carbons (Fsp3) is 0.700. The second-order valence-electron chi connectivity index (χ2n) is 4.20. The van der Waals surface area contributed by atoms with Gasteiger partial charge in [0.25, 0.3) is 0 Å². The van der Waals surface area contributed by atoms with E-state index in [9.17, 15) is 0 Å². The van der Waals surface area contributed by atoms with Gasteiger partial charge in [-0.15, -0.1) is 0 Å². The zero-order chi connectivity index (χ0) is 12.3. The highest BCUT2D eigenvalue weighted by atomic mass is 35.5. The summed E-state index contributed by atoms with van der Waals surface area (Å²) >= 11 is 5.75. The van der Waals surface area contributed by atoms with E-state index in [0.717, 1.165) is 32.6 Å². The van der Waals surface area contributed by atoms with Crippen LogP contribution in [0.3, 0.4) is 0 Å². The van der Waals surface area contributed by atoms with Gasteiger partial charge in [-0.05, 0) is 30.4 Å². The van der Waals surface area contributed by atoms with Crippen LogP contribution in [-0.2, 0) is 4.74 Å². The first-order chi connectivity index (χ1) is 8.15. The number of anilines is 2. The molecule has 0 atom stereocenters. The minimum Gasteiger partial charge on any atom is -0.381 e. The van der Waals surface area contributed by atoms with Crippen LogP contribution in [0.25, 0.3) is 0 Å². The molecule has 1 aromatic rings. The lowest BCUT2D eigenvalue weighted by atomic mass is 10.0. The van der Waals surface area contributed by atoms with Gasteiger partial charge in [0.1, 0.15) is 0 Å². The van der Waals surface area contributed by atoms with Crippen molar-refractivity contribution in [3.05, 3.63) is 5.28 Å². The fourth-order valence-electron chi connectivity index (χ4n) is 1.92. The molecule has 1 fully saturated rings. The standard InChI is InChI=1S/C10H16ClN5O/c1-16(6-7-2-4-17-5-3-7)10-14-8(11)13-9(12)15-10/h7H,2-6H2,1H3,(H2,12,13,14,15). The second-order valence-corrected chi connectivity index (χ2v) is 4.54. The lowest BCUT2D eigenvalue weighted by Crippen LogP contribution is -2.30. The predicted octanol–water partition coefficient (Wildman–Crippen LogP) is 0.970. The summed E-state index contributed by atoms with van der Waals surface area (Å²) in [6, 6.07) is 0. The van der Waals surface area contributed by atoms with Crippen LogP contribution in [0.1, 0.15) is 12.8 Å². The Kier molecular flexibility index (Phi) is 3.96. The van der Waals surface area contributed by atoms with Crippen molar-refractivity contribution >= 4 is 23.5 Å². The van der Waals surface area contributed by atoms with Crippen LogP contribution >= 0.6 is 11.6 Å². The molecule has 2 rings (SSSR count). The Morgan fingerprint density at radius 2 is 2.06 bits per heavy atom. The van der Waals surface area contributed by atoms with Gasteiger partial charge in [0.05, 0.1) is 0 Å². The average molecular weight is 258 g/mol. The third-order valence-corrected chi connectivity index (χ3v) is 3.00. The van der Waals surface area contributed by atoms with Gasteiger partial charge >= 0.3 is 0 Å². The van der Waals surface area contributed by atoms with Crippen molar-refractivity contribution in [2.75, 3.05) is 37.4 Å². The molecule has 0 unspecified atom stereocenters. The summed E-state index contributed by atoms with van der Waals surface area (Å²) in [6.45, 7) is 2.54. The predicted molar refractivity (Wildman–Crippen MR) is 66.1 cm³/mol. The topological polar surface area (TPSA) is 77.2 Å². The zero-order valence-corrected chi connectivity index (χ0v) is 10.5. The first-order valence-corrected chi connectivity index (χ1v) is 5.99. The van der Waals surface area contributed by atoms with Crippen molar-refractivity contribution in [1.82, 2.24) is 15.0 Å². The van der Waals surface area contributed by atoms with Gasteiger partial charge in [0.15, 0.2) is 0 Å². The molecule has 1 saturated heterocycles. The molecule has 7 heteroatoms. The van der Waals surface area contributed by atoms with Crippen LogP contribution in [0.5, 0.6) is 0 Å². The maximum atomic E-state index is 5.75. The van der Waals surface area contributed by atoms with Gasteiger partial charge in [-0.3, -0.25) is 0 Å². The Bertz CT molecular complexity index is 363. The molecular formula is C10H16ClN5O. The minimum atomic E-state index is 0.131. The van der Waals surface area contributed by atoms with Crippen LogP contribution in [0.15, 0.2) is 0 Å². The number of nitrogens with two attached hydrogens (primary N) is 1. The van der Waals surface area contributed by atoms with E-state index < -0.39 is 0 Å². The highest BCUT2D eigenvalue weighted by molar-refractivity contribution is 6.28. The normalized spacial score (nSPS) is 17.1. The molecule has 0 spiro atoms. The van der Waals surface area contributed by atoms with Crippen LogP contribution in [0, 0.1) is 5.92 Å². The van der Waals surface area contributed by atoms with E-state index in [1.807, 2.05) is 11.9 Å². The van der Waals surface area contributed by atoms with E-state index in [0.29, 0.717) is 11.9 Å². The molecule has 1 aliphatic heterocycles. The van der Waals surface area contributed by atoms with E-state index in [1.165, 1.54) is 0 Å². The van der Waals surface area contributed by atoms with Crippen LogP contribution in [0.2, 0.25) is 5.28 Å². The second kappa shape index (κ2) is 5.46. The Morgan fingerprint density at radius 3 is 2.71 bits per heavy atom. The number of aromatic nitrogens is 3. The summed E-state index contributed by atoms with van der Waals surface area (Å²) in [5.74, 6) is 1.28. The van der Waals surface area contributed by atoms with Gasteiger partial charge in [-0.25, -0.2) is 0 Å². The largest absolute Gasteiger partial charge is 0.381 e. The smallest absolute Gasteiger partial charge is 0.231 e. The van der Waals surface area contributed by atoms with Gasteiger partial charge in [-0.1, -0.05) is 0 Å². The molecule has 0 aromatic carbocycles. The summed E-state index contributed by atoms with van der Waals surface area (Å²) in [7, 11) is 1.93. The third kappa shape index (κ3) is 3.41. The van der Waals surface area contributed by atoms with Crippen LogP contribution in [-0.4, -0.2) is 41.8 Å². The summed E-state index contributed by atoms with van der Waals surface area (Å²) in [4.78, 5) is 13.8. The maximum absolute atomic E-state index is 5.75. The number of halogens is 1. The lowest BCUT2D eigenvalue weighted by Gasteiger charge is -2.27. The summed E-state index contributed by atoms with van der Waals surface area (Å²) in [6.07, 6.45) is 2.14. The van der Waals surface area contributed by atoms with Crippen molar-refractivity contribution in [1.29, 1.82) is 0 Å². The van der Waals surface area contributed by atoms with Gasteiger partial charge < -0.3 is 15.4 Å². The van der Waals surface area contributed by atoms with Crippen molar-refractivity contribution in [3.63, 3.8) is 0 Å². The SMILES string of the molecule is CN(CC1CCOCC1)c1nc(N)nc(Cl)n1. The molecule has 0 bridgehead atoms. The molecule has 2 N–H and O–H groups in total. The molecule has 2 heterocycles. The number of nitrogen functional groups attached to an aromatic ring is 1. The number of hydrogen-bond donors (Lipinski definition) is 1. The lowest BCUT2D eigenvalue weighted by molar-refractivity contribution is 0.0684. The summed E-state index contributed by atoms with van der Waals surface area (Å²) in [5.41, 5.74) is 5.54. The molecule has 1 aliphatic rings. The molecule has 6 nitrogen and oxygen atoms in total. The van der Waals surface area contributed by atoms with Gasteiger partial charge in [0, 0.05) is 26.8 Å². The molecule has 0 radical (unpaired) electrons. The number of rotatable bonds is 3. The fourth-order valence-corrected chi connectivity index (χ4v) is 2.09. The molecule has 94 valence electrons. The van der Waals surface area contributed by atoms with E-state index in [1.54, 1.807) is 0 Å². The highest BCUT2D eigenvalue weighted by Crippen LogP contribution is 2.18. The Labute approximate surface area is 105 Å². The van der Waals surface area contributed by atoms with Gasteiger partial charge in [0.2, 0.25) is 17.2 Å². The number of ether oxygens (including phenoxy) is 1. The highest BCUT2D eigenvalue weighted by Gasteiger charge is 2.17. The van der Waals surface area contributed by atoms with Crippen molar-refractivity contribution in [2.24, 2.45) is 5.92 Å². The summed E-state index contributed by atoms with van der Waals surface area (Å²) in [5, 5.41) is 0.131. The number of nitrogens with zero attached hydrogens (tertiary/aromatic N) is 4. The maximum Gasteiger partial charge on any atom is 0.231 e. The molecule has 1 aromatic heterocycles. The monoisotopic (exact) mass is 257 g/mol. The molecule has 0 saturated carbocycles. The van der Waals surface area contributed by atoms with Crippen molar-refractivity contribution in [2.45, 2.75) is 12.8 Å². The molecule has 0 amide bonds. The average Bonchev–Trinajstić information content (AvgIpc) is 2.29. The minimum absolute atomic E-state index is 0.131. The summed E-state index contributed by atoms with van der Waals surface area (Å²) < 4.78 is 5.32. The third-order valence-electron chi connectivity index (χ3n) is 2.83. The Hall–Kier alpha value is -1.14. The first kappa shape index (κ1) is 12.3. The number of hydrogen-bond acceptors (Lipinski definition) is 6. The molecular weight excluding hydrogens is 242 g/mol. The van der Waals surface area contributed by atoms with Gasteiger partial charge in [-0.2, -0.15) is 15.0 Å².